The summed E-state index contributed by atoms with van der Waals surface area (Å²) in [7, 11) is -3.74. The Balaban J connectivity index is 3.82. The van der Waals surface area contributed by atoms with Crippen molar-refractivity contribution in [3.05, 3.63) is 0 Å². The van der Waals surface area contributed by atoms with Crippen molar-refractivity contribution >= 4 is 10.4 Å². The maximum absolute atomic E-state index is 10.8. The fourth-order valence-electron chi connectivity index (χ4n) is 0.449. The normalized spacial score (nSPS) is 12.4. The molecule has 0 aliphatic heterocycles. The van der Waals surface area contributed by atoms with E-state index in [0.717, 1.165) is 0 Å². The largest absolute Gasteiger partial charge is 0.400 e. The lowest BCUT2D eigenvalue weighted by Crippen LogP contribution is -2.15. The molecule has 0 atom stereocenters. The van der Waals surface area contributed by atoms with Crippen LogP contribution >= 0.6 is 0 Å². The van der Waals surface area contributed by atoms with E-state index < -0.39 is 10.4 Å². The number of hydrogen-bond acceptors (Lipinski definition) is 4. The van der Waals surface area contributed by atoms with E-state index in [-0.39, 0.29) is 12.7 Å². The Bertz CT molecular complexity index is 183. The second-order valence-electron chi connectivity index (χ2n) is 2.38. The summed E-state index contributed by atoms with van der Waals surface area (Å²) in [5.41, 5.74) is 0. The van der Waals surface area contributed by atoms with Crippen LogP contribution in [0, 0.1) is 0 Å². The standard InChI is InChI=1S/C6H14O4S/c1-4-5-9-11(7,8)10-6(2)3/h6H,4-5H2,1-3H3. The molecule has 0 bridgehead atoms. The highest BCUT2D eigenvalue weighted by atomic mass is 32.3. The average Bonchev–Trinajstić information content (AvgIpc) is 1.81. The van der Waals surface area contributed by atoms with Gasteiger partial charge in [-0.3, -0.25) is 0 Å². The van der Waals surface area contributed by atoms with Crippen LogP contribution in [0.2, 0.25) is 0 Å². The van der Waals surface area contributed by atoms with Gasteiger partial charge < -0.3 is 0 Å². The van der Waals surface area contributed by atoms with Crippen LogP contribution in [0.3, 0.4) is 0 Å². The van der Waals surface area contributed by atoms with Crippen molar-refractivity contribution in [1.29, 1.82) is 0 Å². The van der Waals surface area contributed by atoms with Gasteiger partial charge in [-0.25, -0.2) is 8.37 Å². The number of hydrogen-bond donors (Lipinski definition) is 0. The van der Waals surface area contributed by atoms with Crippen LogP contribution in [0.4, 0.5) is 0 Å². The van der Waals surface area contributed by atoms with E-state index >= 15 is 0 Å². The second kappa shape index (κ2) is 4.69. The molecule has 4 nitrogen and oxygen atoms in total. The molecule has 0 rings (SSSR count). The van der Waals surface area contributed by atoms with E-state index in [2.05, 4.69) is 8.37 Å². The van der Waals surface area contributed by atoms with Crippen LogP contribution in [-0.2, 0) is 18.8 Å². The molecule has 68 valence electrons. The summed E-state index contributed by atoms with van der Waals surface area (Å²) in [5.74, 6) is 0. The highest BCUT2D eigenvalue weighted by Crippen LogP contribution is 2.01. The van der Waals surface area contributed by atoms with Crippen molar-refractivity contribution in [1.82, 2.24) is 0 Å². The average molecular weight is 182 g/mol. The van der Waals surface area contributed by atoms with Crippen molar-refractivity contribution in [3.63, 3.8) is 0 Å². The van der Waals surface area contributed by atoms with E-state index in [0.29, 0.717) is 6.42 Å². The molecule has 0 aromatic rings. The SMILES string of the molecule is CCCOS(=O)(=O)OC(C)C. The van der Waals surface area contributed by atoms with Crippen LogP contribution < -0.4 is 0 Å². The topological polar surface area (TPSA) is 52.6 Å². The van der Waals surface area contributed by atoms with Crippen molar-refractivity contribution in [2.75, 3.05) is 6.61 Å². The first-order valence-electron chi connectivity index (χ1n) is 3.55. The monoisotopic (exact) mass is 182 g/mol. The lowest BCUT2D eigenvalue weighted by Gasteiger charge is -2.06. The van der Waals surface area contributed by atoms with Crippen molar-refractivity contribution in [2.45, 2.75) is 33.3 Å². The van der Waals surface area contributed by atoms with Crippen molar-refractivity contribution in [3.8, 4) is 0 Å². The summed E-state index contributed by atoms with van der Waals surface area (Å²) >= 11 is 0. The summed E-state index contributed by atoms with van der Waals surface area (Å²) in [6.45, 7) is 5.26. The maximum atomic E-state index is 10.8. The summed E-state index contributed by atoms with van der Waals surface area (Å²) in [6, 6.07) is 0. The lowest BCUT2D eigenvalue weighted by atomic mass is 10.5. The third-order valence-corrected chi connectivity index (χ3v) is 1.82. The Kier molecular flexibility index (Phi) is 4.63. The lowest BCUT2D eigenvalue weighted by molar-refractivity contribution is 0.179. The molecule has 0 spiro atoms. The predicted molar refractivity (Wildman–Crippen MR) is 41.4 cm³/mol. The molecular formula is C6H14O4S. The molecule has 0 aliphatic rings. The molecule has 0 saturated carbocycles. The molecule has 11 heavy (non-hydrogen) atoms. The summed E-state index contributed by atoms with van der Waals surface area (Å²) in [4.78, 5) is 0. The second-order valence-corrected chi connectivity index (χ2v) is 3.62. The first-order chi connectivity index (χ1) is 4.98. The molecule has 0 N–H and O–H groups in total. The zero-order valence-electron chi connectivity index (χ0n) is 7.03. The van der Waals surface area contributed by atoms with Crippen LogP contribution in [0.1, 0.15) is 27.2 Å². The molecule has 0 heterocycles. The minimum absolute atomic E-state index is 0.176. The molecule has 0 aromatic carbocycles. The van der Waals surface area contributed by atoms with Gasteiger partial charge >= 0.3 is 10.4 Å². The van der Waals surface area contributed by atoms with Crippen molar-refractivity contribution in [2.24, 2.45) is 0 Å². The molecular weight excluding hydrogens is 168 g/mol. The van der Waals surface area contributed by atoms with Gasteiger partial charge in [-0.1, -0.05) is 6.92 Å². The Morgan fingerprint density at radius 3 is 2.27 bits per heavy atom. The van der Waals surface area contributed by atoms with Gasteiger partial charge in [0.05, 0.1) is 12.7 Å². The van der Waals surface area contributed by atoms with Gasteiger partial charge in [0, 0.05) is 0 Å². The molecule has 0 unspecified atom stereocenters. The van der Waals surface area contributed by atoms with E-state index in [1.807, 2.05) is 6.92 Å². The quantitative estimate of drug-likeness (QED) is 0.638. The van der Waals surface area contributed by atoms with E-state index in [9.17, 15) is 8.42 Å². The smallest absolute Gasteiger partial charge is 0.248 e. The molecule has 5 heteroatoms. The highest BCUT2D eigenvalue weighted by Gasteiger charge is 2.12. The zero-order chi connectivity index (χ0) is 8.91. The number of rotatable bonds is 5. The van der Waals surface area contributed by atoms with Gasteiger partial charge in [-0.2, -0.15) is 8.42 Å². The van der Waals surface area contributed by atoms with Crippen LogP contribution in [0.25, 0.3) is 0 Å². The zero-order valence-corrected chi connectivity index (χ0v) is 7.85. The predicted octanol–water partition coefficient (Wildman–Crippen LogP) is 1.08. The van der Waals surface area contributed by atoms with Gasteiger partial charge in [-0.05, 0) is 20.3 Å². The molecule has 0 aliphatic carbocycles. The molecule has 0 saturated heterocycles. The Hall–Kier alpha value is -0.130. The van der Waals surface area contributed by atoms with Crippen LogP contribution in [-0.4, -0.2) is 21.1 Å². The molecule has 0 fully saturated rings. The molecule has 0 amide bonds. The van der Waals surface area contributed by atoms with E-state index in [1.54, 1.807) is 13.8 Å². The minimum atomic E-state index is -3.74. The van der Waals surface area contributed by atoms with E-state index in [4.69, 9.17) is 0 Å². The van der Waals surface area contributed by atoms with E-state index in [1.165, 1.54) is 0 Å². The van der Waals surface area contributed by atoms with Crippen molar-refractivity contribution < 1.29 is 16.8 Å². The van der Waals surface area contributed by atoms with Gasteiger partial charge in [0.2, 0.25) is 0 Å². The molecule has 0 aromatic heterocycles. The first kappa shape index (κ1) is 10.9. The van der Waals surface area contributed by atoms with Gasteiger partial charge in [0.15, 0.2) is 0 Å². The fraction of sp³-hybridized carbons (Fsp3) is 1.00. The first-order valence-corrected chi connectivity index (χ1v) is 4.89. The van der Waals surface area contributed by atoms with Crippen LogP contribution in [0.5, 0.6) is 0 Å². The third-order valence-electron chi connectivity index (χ3n) is 0.742. The summed E-state index contributed by atoms with van der Waals surface area (Å²) < 4.78 is 30.4. The Labute approximate surface area is 67.8 Å². The van der Waals surface area contributed by atoms with Crippen LogP contribution in [0.15, 0.2) is 0 Å². The van der Waals surface area contributed by atoms with Gasteiger partial charge in [0.25, 0.3) is 0 Å². The Morgan fingerprint density at radius 2 is 1.91 bits per heavy atom. The maximum Gasteiger partial charge on any atom is 0.400 e. The third kappa shape index (κ3) is 6.28. The fourth-order valence-corrected chi connectivity index (χ4v) is 1.35. The molecule has 0 radical (unpaired) electrons. The summed E-state index contributed by atoms with van der Waals surface area (Å²) in [5, 5.41) is 0. The minimum Gasteiger partial charge on any atom is -0.248 e. The summed E-state index contributed by atoms with van der Waals surface area (Å²) in [6.07, 6.45) is 0.289. The van der Waals surface area contributed by atoms with Gasteiger partial charge in [0.1, 0.15) is 0 Å². The highest BCUT2D eigenvalue weighted by molar-refractivity contribution is 7.81. The van der Waals surface area contributed by atoms with Gasteiger partial charge in [-0.15, -0.1) is 0 Å². The Morgan fingerprint density at radius 1 is 1.36 bits per heavy atom.